The minimum atomic E-state index is -0.243. The second-order valence-electron chi connectivity index (χ2n) is 8.46. The van der Waals surface area contributed by atoms with Crippen LogP contribution in [-0.4, -0.2) is 16.5 Å². The molecule has 0 bridgehead atoms. The monoisotopic (exact) mass is 446 g/mol. The second kappa shape index (κ2) is 8.06. The molecule has 1 unspecified atom stereocenters. The number of hydrogen-bond donors (Lipinski definition) is 1. The highest BCUT2D eigenvalue weighted by Crippen LogP contribution is 2.44. The Balaban J connectivity index is 0.00000216. The highest BCUT2D eigenvalue weighted by Gasteiger charge is 2.35. The van der Waals surface area contributed by atoms with E-state index in [0.717, 1.165) is 53.8 Å². The Labute approximate surface area is 192 Å². The van der Waals surface area contributed by atoms with Gasteiger partial charge in [-0.15, -0.1) is 12.4 Å². The zero-order valence-electron chi connectivity index (χ0n) is 17.8. The number of nitrogens with one attached hydrogen (secondary N) is 1. The van der Waals surface area contributed by atoms with Crippen LogP contribution in [0.4, 0.5) is 21.8 Å². The third-order valence-electron chi connectivity index (χ3n) is 6.60. The van der Waals surface area contributed by atoms with E-state index in [-0.39, 0.29) is 18.2 Å². The van der Waals surface area contributed by atoms with E-state index in [2.05, 4.69) is 34.5 Å². The van der Waals surface area contributed by atoms with Crippen molar-refractivity contribution in [2.75, 3.05) is 16.8 Å². The van der Waals surface area contributed by atoms with E-state index in [0.29, 0.717) is 12.0 Å². The third-order valence-corrected chi connectivity index (χ3v) is 6.60. The van der Waals surface area contributed by atoms with Crippen molar-refractivity contribution in [1.82, 2.24) is 9.97 Å². The Morgan fingerprint density at radius 3 is 2.62 bits per heavy atom. The van der Waals surface area contributed by atoms with Gasteiger partial charge in [-0.05, 0) is 78.8 Å². The molecule has 32 heavy (non-hydrogen) atoms. The van der Waals surface area contributed by atoms with Gasteiger partial charge in [0.1, 0.15) is 11.6 Å². The number of hydrogen-bond acceptors (Lipinski definition) is 4. The molecule has 6 rings (SSSR count). The van der Waals surface area contributed by atoms with Gasteiger partial charge >= 0.3 is 0 Å². The Morgan fingerprint density at radius 2 is 1.78 bits per heavy atom. The van der Waals surface area contributed by atoms with Crippen LogP contribution in [0.1, 0.15) is 34.7 Å². The number of nitrogens with zero attached hydrogens (tertiary/aromatic N) is 3. The molecule has 4 aromatic rings. The van der Waals surface area contributed by atoms with Gasteiger partial charge in [0.2, 0.25) is 5.95 Å². The molecule has 0 spiro atoms. The minimum absolute atomic E-state index is 0. The zero-order chi connectivity index (χ0) is 20.9. The highest BCUT2D eigenvalue weighted by atomic mass is 35.5. The topological polar surface area (TPSA) is 41.1 Å². The Hall–Kier alpha value is -3.18. The number of halogens is 2. The average Bonchev–Trinajstić information content (AvgIpc) is 3.21. The van der Waals surface area contributed by atoms with Gasteiger partial charge in [0, 0.05) is 17.6 Å². The molecule has 4 nitrogen and oxygen atoms in total. The van der Waals surface area contributed by atoms with Crippen LogP contribution < -0.4 is 10.2 Å². The summed E-state index contributed by atoms with van der Waals surface area (Å²) >= 11 is 0. The Bertz CT molecular complexity index is 1320. The van der Waals surface area contributed by atoms with Gasteiger partial charge in [0.15, 0.2) is 0 Å². The maximum absolute atomic E-state index is 13.5. The maximum Gasteiger partial charge on any atom is 0.229 e. The smallest absolute Gasteiger partial charge is 0.229 e. The maximum atomic E-state index is 13.5. The fraction of sp³-hybridized carbons (Fsp3) is 0.231. The fourth-order valence-corrected chi connectivity index (χ4v) is 5.15. The molecule has 162 valence electrons. The van der Waals surface area contributed by atoms with Crippen molar-refractivity contribution in [3.05, 3.63) is 88.7 Å². The van der Waals surface area contributed by atoms with Crippen molar-refractivity contribution < 1.29 is 4.39 Å². The number of anilines is 3. The number of aryl methyl sites for hydroxylation is 2. The molecule has 0 fully saturated rings. The summed E-state index contributed by atoms with van der Waals surface area (Å²) in [4.78, 5) is 12.2. The van der Waals surface area contributed by atoms with Crippen LogP contribution in [-0.2, 0) is 12.8 Å². The van der Waals surface area contributed by atoms with Crippen LogP contribution in [0.15, 0.2) is 60.7 Å². The van der Waals surface area contributed by atoms with Crippen molar-refractivity contribution >= 4 is 40.8 Å². The van der Waals surface area contributed by atoms with Gasteiger partial charge in [-0.3, -0.25) is 0 Å². The van der Waals surface area contributed by atoms with Crippen LogP contribution >= 0.6 is 12.4 Å². The molecule has 0 amide bonds. The Morgan fingerprint density at radius 1 is 0.969 bits per heavy atom. The van der Waals surface area contributed by atoms with E-state index in [1.807, 2.05) is 25.1 Å². The van der Waals surface area contributed by atoms with Crippen LogP contribution in [0.2, 0.25) is 0 Å². The van der Waals surface area contributed by atoms with Crippen molar-refractivity contribution in [2.24, 2.45) is 0 Å². The lowest BCUT2D eigenvalue weighted by molar-refractivity contribution is 0.579. The number of rotatable bonds is 3. The van der Waals surface area contributed by atoms with Crippen LogP contribution in [0.25, 0.3) is 10.9 Å². The lowest BCUT2D eigenvalue weighted by atomic mass is 9.93. The van der Waals surface area contributed by atoms with E-state index in [9.17, 15) is 4.39 Å². The van der Waals surface area contributed by atoms with Gasteiger partial charge in [0.05, 0.1) is 11.6 Å². The molecule has 2 aliphatic rings. The molecule has 1 atom stereocenters. The van der Waals surface area contributed by atoms with Crippen molar-refractivity contribution in [2.45, 2.75) is 32.2 Å². The summed E-state index contributed by atoms with van der Waals surface area (Å²) in [6.07, 6.45) is 3.26. The first-order valence-corrected chi connectivity index (χ1v) is 10.8. The molecule has 1 aliphatic carbocycles. The molecule has 1 aromatic heterocycles. The number of fused-ring (bicyclic) bond motifs is 1. The predicted molar refractivity (Wildman–Crippen MR) is 130 cm³/mol. The van der Waals surface area contributed by atoms with E-state index >= 15 is 0 Å². The number of para-hydroxylation sites is 1. The van der Waals surface area contributed by atoms with E-state index in [1.54, 1.807) is 6.07 Å². The van der Waals surface area contributed by atoms with Crippen molar-refractivity contribution in [3.63, 3.8) is 0 Å². The first-order valence-electron chi connectivity index (χ1n) is 10.8. The zero-order valence-corrected chi connectivity index (χ0v) is 18.6. The van der Waals surface area contributed by atoms with E-state index in [1.165, 1.54) is 28.8 Å². The summed E-state index contributed by atoms with van der Waals surface area (Å²) < 4.78 is 13.5. The SMILES string of the molecule is Cc1cc(F)ccc1Nc1nc(N2CCc3cccc4c3C2CC4)c2ccccc2n1.Cl. The number of benzene rings is 3. The summed E-state index contributed by atoms with van der Waals surface area (Å²) in [5.74, 6) is 1.27. The fourth-order valence-electron chi connectivity index (χ4n) is 5.15. The average molecular weight is 447 g/mol. The number of aromatic nitrogens is 2. The molecule has 0 saturated carbocycles. The molecule has 1 aliphatic heterocycles. The second-order valence-corrected chi connectivity index (χ2v) is 8.46. The molecule has 0 radical (unpaired) electrons. The Kier molecular flexibility index (Phi) is 5.22. The molecule has 2 heterocycles. The summed E-state index contributed by atoms with van der Waals surface area (Å²) in [5.41, 5.74) is 7.01. The summed E-state index contributed by atoms with van der Waals surface area (Å²) in [6, 6.07) is 20.0. The van der Waals surface area contributed by atoms with Gasteiger partial charge in [0.25, 0.3) is 0 Å². The van der Waals surface area contributed by atoms with Gasteiger partial charge in [-0.1, -0.05) is 30.3 Å². The summed E-state index contributed by atoms with van der Waals surface area (Å²) in [7, 11) is 0. The minimum Gasteiger partial charge on any atom is -0.349 e. The third kappa shape index (κ3) is 3.37. The molecule has 6 heteroatoms. The van der Waals surface area contributed by atoms with Crippen molar-refractivity contribution in [1.29, 1.82) is 0 Å². The van der Waals surface area contributed by atoms with Crippen LogP contribution in [0.5, 0.6) is 0 Å². The van der Waals surface area contributed by atoms with Crippen molar-refractivity contribution in [3.8, 4) is 0 Å². The normalized spacial score (nSPS) is 16.6. The van der Waals surface area contributed by atoms with Gasteiger partial charge < -0.3 is 10.2 Å². The molecular formula is C26H24ClFN4. The molecule has 3 aromatic carbocycles. The molecule has 1 N–H and O–H groups in total. The molecular weight excluding hydrogens is 423 g/mol. The lowest BCUT2D eigenvalue weighted by Crippen LogP contribution is -2.35. The quantitative estimate of drug-likeness (QED) is 0.401. The van der Waals surface area contributed by atoms with Crippen LogP contribution in [0.3, 0.4) is 0 Å². The lowest BCUT2D eigenvalue weighted by Gasteiger charge is -2.36. The van der Waals surface area contributed by atoms with E-state index in [4.69, 9.17) is 9.97 Å². The predicted octanol–water partition coefficient (Wildman–Crippen LogP) is 6.29. The summed E-state index contributed by atoms with van der Waals surface area (Å²) in [5, 5.41) is 4.39. The van der Waals surface area contributed by atoms with Gasteiger partial charge in [-0.2, -0.15) is 4.98 Å². The summed E-state index contributed by atoms with van der Waals surface area (Å²) in [6.45, 7) is 2.83. The molecule has 0 saturated heterocycles. The van der Waals surface area contributed by atoms with Gasteiger partial charge in [-0.25, -0.2) is 9.37 Å². The van der Waals surface area contributed by atoms with E-state index < -0.39 is 0 Å². The first-order chi connectivity index (χ1) is 15.2. The highest BCUT2D eigenvalue weighted by molar-refractivity contribution is 5.91. The van der Waals surface area contributed by atoms with Crippen LogP contribution in [0, 0.1) is 12.7 Å². The largest absolute Gasteiger partial charge is 0.349 e. The standard InChI is InChI=1S/C26H23FN4.ClH/c1-16-15-19(27)10-11-21(16)28-26-29-22-8-3-2-7-20(22)25(30-26)31-14-13-18-6-4-5-17-9-12-23(31)24(17)18;/h2-8,10-11,15,23H,9,12-14H2,1H3,(H,28,29,30);1H. The first kappa shape index (κ1) is 20.7.